The van der Waals surface area contributed by atoms with Gasteiger partial charge >= 0.3 is 16.3 Å². The van der Waals surface area contributed by atoms with Crippen molar-refractivity contribution in [3.05, 3.63) is 0 Å². The fraction of sp³-hybridized carbons (Fsp3) is 0.750. The molecular formula is C8H18N4O4S. The van der Waals surface area contributed by atoms with E-state index in [2.05, 4.69) is 9.46 Å². The van der Waals surface area contributed by atoms with Gasteiger partial charge in [-0.25, -0.2) is 9.52 Å². The summed E-state index contributed by atoms with van der Waals surface area (Å²) in [5, 5.41) is 7.23. The van der Waals surface area contributed by atoms with Gasteiger partial charge in [-0.05, 0) is 12.8 Å². The maximum atomic E-state index is 11.5. The van der Waals surface area contributed by atoms with Crippen LogP contribution in [0, 0.1) is 11.3 Å². The minimum Gasteiger partial charge on any atom is -0.449 e. The lowest BCUT2D eigenvalue weighted by Crippen LogP contribution is -2.52. The number of ether oxygens (including phenoxy) is 1. The van der Waals surface area contributed by atoms with Gasteiger partial charge in [-0.2, -0.15) is 13.1 Å². The molecule has 8 nitrogen and oxygen atoms in total. The number of carbonyl (C=O) groups is 1. The van der Waals surface area contributed by atoms with Crippen LogP contribution in [0.3, 0.4) is 0 Å². The molecular weight excluding hydrogens is 248 g/mol. The van der Waals surface area contributed by atoms with Gasteiger partial charge in [-0.1, -0.05) is 13.8 Å². The van der Waals surface area contributed by atoms with Crippen LogP contribution in [0.4, 0.5) is 4.79 Å². The SMILES string of the molecule is CCOC(=O)NS(=O)(=O)NC(C(=N)N)C(C)C. The summed E-state index contributed by atoms with van der Waals surface area (Å²) in [5.41, 5.74) is 5.25. The lowest BCUT2D eigenvalue weighted by atomic mass is 10.1. The molecule has 0 aliphatic rings. The average molecular weight is 266 g/mol. The van der Waals surface area contributed by atoms with Gasteiger partial charge in [0.25, 0.3) is 0 Å². The number of hydrogen-bond acceptors (Lipinski definition) is 5. The predicted octanol–water partition coefficient (Wildman–Crippen LogP) is -0.473. The van der Waals surface area contributed by atoms with Crippen molar-refractivity contribution in [2.45, 2.75) is 26.8 Å². The lowest BCUT2D eigenvalue weighted by molar-refractivity contribution is 0.158. The number of carbonyl (C=O) groups excluding carboxylic acids is 1. The molecule has 0 aromatic rings. The predicted molar refractivity (Wildman–Crippen MR) is 62.8 cm³/mol. The first-order valence-corrected chi connectivity index (χ1v) is 6.48. The third kappa shape index (κ3) is 6.07. The van der Waals surface area contributed by atoms with E-state index < -0.39 is 22.3 Å². The fourth-order valence-corrected chi connectivity index (χ4v) is 2.10. The lowest BCUT2D eigenvalue weighted by Gasteiger charge is -2.20. The molecule has 1 atom stereocenters. The third-order valence-electron chi connectivity index (χ3n) is 1.78. The Hall–Kier alpha value is -1.35. The minimum absolute atomic E-state index is 0.0572. The van der Waals surface area contributed by atoms with E-state index in [-0.39, 0.29) is 18.4 Å². The number of rotatable bonds is 6. The maximum absolute atomic E-state index is 11.5. The quantitative estimate of drug-likeness (QED) is 0.381. The van der Waals surface area contributed by atoms with Crippen molar-refractivity contribution < 1.29 is 17.9 Å². The molecule has 0 aliphatic heterocycles. The van der Waals surface area contributed by atoms with Gasteiger partial charge < -0.3 is 10.5 Å². The molecule has 100 valence electrons. The molecule has 1 unspecified atom stereocenters. The number of nitrogens with two attached hydrogens (primary N) is 1. The molecule has 0 bridgehead atoms. The second-order valence-corrected chi connectivity index (χ2v) is 5.07. The normalized spacial score (nSPS) is 13.2. The van der Waals surface area contributed by atoms with Crippen molar-refractivity contribution in [3.8, 4) is 0 Å². The summed E-state index contributed by atoms with van der Waals surface area (Å²) in [6, 6.07) is -0.873. The van der Waals surface area contributed by atoms with E-state index in [0.717, 1.165) is 0 Å². The van der Waals surface area contributed by atoms with E-state index in [0.29, 0.717) is 0 Å². The Kier molecular flexibility index (Phi) is 5.89. The second kappa shape index (κ2) is 6.40. The first kappa shape index (κ1) is 15.7. The molecule has 0 saturated heterocycles. The zero-order chi connectivity index (χ0) is 13.6. The standard InChI is InChI=1S/C8H18N4O4S/c1-4-16-8(13)12-17(14,15)11-6(5(2)3)7(9)10/h5-6,11H,4H2,1-3H3,(H3,9,10)(H,12,13). The Labute approximate surface area is 101 Å². The molecule has 0 radical (unpaired) electrons. The third-order valence-corrected chi connectivity index (χ3v) is 2.78. The highest BCUT2D eigenvalue weighted by atomic mass is 32.2. The summed E-state index contributed by atoms with van der Waals surface area (Å²) >= 11 is 0. The fourth-order valence-electron chi connectivity index (χ4n) is 1.03. The van der Waals surface area contributed by atoms with Crippen molar-refractivity contribution in [1.29, 1.82) is 5.41 Å². The Morgan fingerprint density at radius 1 is 1.47 bits per heavy atom. The van der Waals surface area contributed by atoms with Crippen molar-refractivity contribution >= 4 is 22.1 Å². The molecule has 0 rings (SSSR count). The molecule has 5 N–H and O–H groups in total. The molecule has 9 heteroatoms. The summed E-state index contributed by atoms with van der Waals surface area (Å²) < 4.78 is 31.1. The van der Waals surface area contributed by atoms with E-state index in [9.17, 15) is 13.2 Å². The second-order valence-electron chi connectivity index (χ2n) is 3.62. The van der Waals surface area contributed by atoms with Crippen LogP contribution in [0.5, 0.6) is 0 Å². The molecule has 0 fully saturated rings. The van der Waals surface area contributed by atoms with Gasteiger partial charge in [-0.15, -0.1) is 0 Å². The number of amidine groups is 1. The van der Waals surface area contributed by atoms with Crippen molar-refractivity contribution in [2.24, 2.45) is 11.7 Å². The van der Waals surface area contributed by atoms with Gasteiger partial charge in [0.2, 0.25) is 0 Å². The van der Waals surface area contributed by atoms with Crippen LogP contribution in [0.25, 0.3) is 0 Å². The van der Waals surface area contributed by atoms with Gasteiger partial charge in [-0.3, -0.25) is 5.41 Å². The molecule has 0 heterocycles. The van der Waals surface area contributed by atoms with Crippen LogP contribution >= 0.6 is 0 Å². The highest BCUT2D eigenvalue weighted by molar-refractivity contribution is 7.88. The Morgan fingerprint density at radius 2 is 2.00 bits per heavy atom. The van der Waals surface area contributed by atoms with E-state index >= 15 is 0 Å². The molecule has 0 aromatic heterocycles. The molecule has 17 heavy (non-hydrogen) atoms. The van der Waals surface area contributed by atoms with E-state index in [1.807, 2.05) is 0 Å². The zero-order valence-electron chi connectivity index (χ0n) is 9.98. The molecule has 0 saturated carbocycles. The first-order chi connectivity index (χ1) is 7.69. The van der Waals surface area contributed by atoms with Crippen LogP contribution in [-0.4, -0.2) is 33.0 Å². The Bertz CT molecular complexity index is 379. The van der Waals surface area contributed by atoms with Crippen LogP contribution in [0.15, 0.2) is 0 Å². The Morgan fingerprint density at radius 3 is 2.35 bits per heavy atom. The van der Waals surface area contributed by atoms with Gasteiger partial charge in [0, 0.05) is 0 Å². The smallest absolute Gasteiger partial charge is 0.421 e. The number of hydrogen-bond donors (Lipinski definition) is 4. The van der Waals surface area contributed by atoms with Crippen LogP contribution < -0.4 is 15.2 Å². The highest BCUT2D eigenvalue weighted by Gasteiger charge is 2.24. The van der Waals surface area contributed by atoms with Gasteiger partial charge in [0.15, 0.2) is 0 Å². The van der Waals surface area contributed by atoms with Crippen molar-refractivity contribution in [3.63, 3.8) is 0 Å². The average Bonchev–Trinajstić information content (AvgIpc) is 2.12. The molecule has 0 aromatic carbocycles. The first-order valence-electron chi connectivity index (χ1n) is 5.00. The highest BCUT2D eigenvalue weighted by Crippen LogP contribution is 2.02. The van der Waals surface area contributed by atoms with E-state index in [4.69, 9.17) is 11.1 Å². The summed E-state index contributed by atoms with van der Waals surface area (Å²) in [6.07, 6.45) is -1.08. The molecule has 1 amide bonds. The van der Waals surface area contributed by atoms with E-state index in [1.54, 1.807) is 25.5 Å². The topological polar surface area (TPSA) is 134 Å². The number of nitrogens with one attached hydrogen (secondary N) is 3. The maximum Gasteiger partial charge on any atom is 0.421 e. The summed E-state index contributed by atoms with van der Waals surface area (Å²) in [7, 11) is -4.09. The largest absolute Gasteiger partial charge is 0.449 e. The van der Waals surface area contributed by atoms with Gasteiger partial charge in [0.1, 0.15) is 5.84 Å². The summed E-state index contributed by atoms with van der Waals surface area (Å²) in [4.78, 5) is 10.9. The van der Waals surface area contributed by atoms with E-state index in [1.165, 1.54) is 0 Å². The van der Waals surface area contributed by atoms with Crippen LogP contribution in [-0.2, 0) is 14.9 Å². The van der Waals surface area contributed by atoms with Crippen molar-refractivity contribution in [2.75, 3.05) is 6.61 Å². The van der Waals surface area contributed by atoms with Crippen LogP contribution in [0.2, 0.25) is 0 Å². The number of amides is 1. The summed E-state index contributed by atoms with van der Waals surface area (Å²) in [5.74, 6) is -0.541. The minimum atomic E-state index is -4.09. The molecule has 0 spiro atoms. The Balaban J connectivity index is 4.63. The summed E-state index contributed by atoms with van der Waals surface area (Å²) in [6.45, 7) is 4.99. The zero-order valence-corrected chi connectivity index (χ0v) is 10.8. The van der Waals surface area contributed by atoms with Crippen molar-refractivity contribution in [1.82, 2.24) is 9.44 Å². The van der Waals surface area contributed by atoms with Crippen LogP contribution in [0.1, 0.15) is 20.8 Å². The molecule has 0 aliphatic carbocycles. The monoisotopic (exact) mass is 266 g/mol. The van der Waals surface area contributed by atoms with Gasteiger partial charge in [0.05, 0.1) is 12.6 Å².